The Labute approximate surface area is 174 Å². The Kier molecular flexibility index (Phi) is 5.27. The van der Waals surface area contributed by atoms with Gasteiger partial charge < -0.3 is 4.98 Å². The van der Waals surface area contributed by atoms with Crippen LogP contribution < -0.4 is 4.72 Å². The number of benzene rings is 2. The van der Waals surface area contributed by atoms with E-state index in [1.807, 2.05) is 0 Å². The van der Waals surface area contributed by atoms with Crippen LogP contribution in [0, 0.1) is 17.5 Å². The molecule has 0 fully saturated rings. The third-order valence-electron chi connectivity index (χ3n) is 4.23. The third kappa shape index (κ3) is 3.44. The van der Waals surface area contributed by atoms with Crippen molar-refractivity contribution >= 4 is 45.1 Å². The molecule has 2 N–H and O–H groups in total. The molecule has 0 saturated heterocycles. The second-order valence-electron chi connectivity index (χ2n) is 6.00. The highest BCUT2D eigenvalue weighted by Crippen LogP contribution is 2.29. The minimum absolute atomic E-state index is 0.0691. The Balaban J connectivity index is 1.75. The highest BCUT2D eigenvalue weighted by Gasteiger charge is 2.26. The van der Waals surface area contributed by atoms with E-state index in [1.54, 1.807) is 0 Å². The molecule has 4 aromatic rings. The Morgan fingerprint density at radius 2 is 1.83 bits per heavy atom. The molecular formula is C19H10ClF3N4O2S. The van der Waals surface area contributed by atoms with Crippen LogP contribution in [0.25, 0.3) is 11.0 Å². The van der Waals surface area contributed by atoms with Gasteiger partial charge >= 0.3 is 0 Å². The monoisotopic (exact) mass is 450 g/mol. The van der Waals surface area contributed by atoms with Gasteiger partial charge in [-0.05, 0) is 24.3 Å². The number of carbonyl (C=O) groups excluding carboxylic acids is 1. The second-order valence-corrected chi connectivity index (χ2v) is 7.54. The fourth-order valence-electron chi connectivity index (χ4n) is 2.83. The molecule has 0 spiro atoms. The molecule has 0 bridgehead atoms. The lowest BCUT2D eigenvalue weighted by molar-refractivity contribution is 0.103. The summed E-state index contributed by atoms with van der Waals surface area (Å²) in [6.07, 6.45) is 2.38. The lowest BCUT2D eigenvalue weighted by atomic mass is 10.0. The van der Waals surface area contributed by atoms with Crippen LogP contribution in [0.2, 0.25) is 5.15 Å². The molecule has 2 aromatic heterocycles. The van der Waals surface area contributed by atoms with E-state index in [0.29, 0.717) is 0 Å². The van der Waals surface area contributed by atoms with Crippen LogP contribution >= 0.6 is 11.6 Å². The van der Waals surface area contributed by atoms with Gasteiger partial charge in [-0.3, -0.25) is 9.52 Å². The van der Waals surface area contributed by atoms with Crippen molar-refractivity contribution in [3.63, 3.8) is 0 Å². The van der Waals surface area contributed by atoms with Crippen LogP contribution in [-0.2, 0) is 11.0 Å². The molecule has 1 atom stereocenters. The summed E-state index contributed by atoms with van der Waals surface area (Å²) in [5, 5.41) is 0.0385. The zero-order chi connectivity index (χ0) is 21.4. The van der Waals surface area contributed by atoms with Crippen molar-refractivity contribution in [2.24, 2.45) is 0 Å². The second kappa shape index (κ2) is 7.88. The van der Waals surface area contributed by atoms with Crippen LogP contribution in [0.5, 0.6) is 0 Å². The topological polar surface area (TPSA) is 87.7 Å². The van der Waals surface area contributed by atoms with Gasteiger partial charge in [0, 0.05) is 6.20 Å². The smallest absolute Gasteiger partial charge is 0.201 e. The maximum atomic E-state index is 15.0. The molecule has 11 heteroatoms. The number of rotatable bonds is 5. The predicted molar refractivity (Wildman–Crippen MR) is 105 cm³/mol. The zero-order valence-corrected chi connectivity index (χ0v) is 16.3. The van der Waals surface area contributed by atoms with E-state index in [9.17, 15) is 17.8 Å². The van der Waals surface area contributed by atoms with Gasteiger partial charge in [0.2, 0.25) is 5.78 Å². The normalized spacial score (nSPS) is 12.1. The van der Waals surface area contributed by atoms with Crippen molar-refractivity contribution in [2.45, 2.75) is 4.90 Å². The van der Waals surface area contributed by atoms with Crippen LogP contribution in [0.1, 0.15) is 15.9 Å². The van der Waals surface area contributed by atoms with Gasteiger partial charge in [-0.1, -0.05) is 23.7 Å². The maximum absolute atomic E-state index is 15.0. The average molecular weight is 451 g/mol. The quantitative estimate of drug-likeness (QED) is 0.348. The first-order chi connectivity index (χ1) is 14.4. The Hall–Kier alpha value is -3.24. The molecule has 2 aromatic carbocycles. The number of aromatic amines is 1. The van der Waals surface area contributed by atoms with Crippen LogP contribution in [0.3, 0.4) is 0 Å². The third-order valence-corrected chi connectivity index (χ3v) is 5.65. The molecule has 0 amide bonds. The number of hydrogen-bond donors (Lipinski definition) is 2. The molecule has 152 valence electrons. The van der Waals surface area contributed by atoms with Gasteiger partial charge in [0.15, 0.2) is 16.8 Å². The van der Waals surface area contributed by atoms with Crippen molar-refractivity contribution in [3.8, 4) is 0 Å². The summed E-state index contributed by atoms with van der Waals surface area (Å²) >= 11 is 6.00. The Morgan fingerprint density at radius 1 is 1.07 bits per heavy atom. The summed E-state index contributed by atoms with van der Waals surface area (Å²) in [6, 6.07) is 7.00. The van der Waals surface area contributed by atoms with E-state index in [4.69, 9.17) is 11.6 Å². The van der Waals surface area contributed by atoms with E-state index in [0.717, 1.165) is 18.2 Å². The van der Waals surface area contributed by atoms with Gasteiger partial charge in [0.25, 0.3) is 0 Å². The Bertz CT molecular complexity index is 1330. The molecular weight excluding hydrogens is 441 g/mol. The lowest BCUT2D eigenvalue weighted by Crippen LogP contribution is -2.13. The Morgan fingerprint density at radius 3 is 2.60 bits per heavy atom. The van der Waals surface area contributed by atoms with Crippen LogP contribution in [-0.4, -0.2) is 24.9 Å². The first kappa shape index (κ1) is 20.0. The van der Waals surface area contributed by atoms with Crippen molar-refractivity contribution < 1.29 is 22.2 Å². The highest BCUT2D eigenvalue weighted by molar-refractivity contribution is 7.86. The zero-order valence-electron chi connectivity index (χ0n) is 14.7. The first-order valence-electron chi connectivity index (χ1n) is 8.31. The minimum atomic E-state index is -2.19. The van der Waals surface area contributed by atoms with Crippen LogP contribution in [0.15, 0.2) is 53.8 Å². The van der Waals surface area contributed by atoms with E-state index in [-0.39, 0.29) is 26.6 Å². The van der Waals surface area contributed by atoms with Gasteiger partial charge in [-0.15, -0.1) is 0 Å². The molecule has 30 heavy (non-hydrogen) atoms. The van der Waals surface area contributed by atoms with Crippen LogP contribution in [0.4, 0.5) is 18.9 Å². The summed E-state index contributed by atoms with van der Waals surface area (Å²) < 4.78 is 57.9. The van der Waals surface area contributed by atoms with Gasteiger partial charge in [-0.25, -0.2) is 27.3 Å². The largest absolute Gasteiger partial charge is 0.345 e. The first-order valence-corrected chi connectivity index (χ1v) is 9.84. The number of nitrogens with one attached hydrogen (secondary N) is 2. The van der Waals surface area contributed by atoms with E-state index in [2.05, 4.69) is 19.7 Å². The lowest BCUT2D eigenvalue weighted by Gasteiger charge is -2.11. The SMILES string of the molecule is O=C(c1c(F)ccc(NS(=O)c2ccccc2F)c1F)c1c[nH]c2ncnc(Cl)c12. The molecule has 0 saturated carbocycles. The number of nitrogens with zero attached hydrogens (tertiary/aromatic N) is 2. The summed E-state index contributed by atoms with van der Waals surface area (Å²) in [6.45, 7) is 0. The maximum Gasteiger partial charge on any atom is 0.201 e. The number of anilines is 1. The molecule has 0 aliphatic rings. The molecule has 0 aliphatic heterocycles. The summed E-state index contributed by atoms with van der Waals surface area (Å²) in [5.41, 5.74) is -1.26. The fraction of sp³-hybridized carbons (Fsp3) is 0. The molecule has 6 nitrogen and oxygen atoms in total. The van der Waals surface area contributed by atoms with E-state index >= 15 is 4.39 Å². The number of carbonyl (C=O) groups is 1. The van der Waals surface area contributed by atoms with Crippen molar-refractivity contribution in [3.05, 3.63) is 82.7 Å². The summed E-state index contributed by atoms with van der Waals surface area (Å²) in [7, 11) is -2.19. The number of fused-ring (bicyclic) bond motifs is 1. The van der Waals surface area contributed by atoms with E-state index < -0.39 is 45.5 Å². The number of H-pyrrole nitrogens is 1. The summed E-state index contributed by atoms with van der Waals surface area (Å²) in [4.78, 5) is 23.0. The van der Waals surface area contributed by atoms with Gasteiger partial charge in [0.1, 0.15) is 28.8 Å². The molecule has 4 rings (SSSR count). The van der Waals surface area contributed by atoms with Crippen molar-refractivity contribution in [1.82, 2.24) is 15.0 Å². The predicted octanol–water partition coefficient (Wildman–Crippen LogP) is 4.39. The van der Waals surface area contributed by atoms with Gasteiger partial charge in [-0.2, -0.15) is 0 Å². The number of ketones is 1. The average Bonchev–Trinajstić information content (AvgIpc) is 3.16. The fourth-order valence-corrected chi connectivity index (χ4v) is 3.98. The standard InChI is InChI=1S/C19H10ClF3N4O2S/c20-18-14-9(7-24-19(14)26-8-25-18)17(28)15-11(22)5-6-12(16(15)23)27-30(29)13-4-2-1-3-10(13)21/h1-8,27H,(H,24,25,26). The highest BCUT2D eigenvalue weighted by atomic mass is 35.5. The molecule has 1 unspecified atom stereocenters. The molecule has 0 radical (unpaired) electrons. The molecule has 0 aliphatic carbocycles. The van der Waals surface area contributed by atoms with Crippen molar-refractivity contribution in [1.29, 1.82) is 0 Å². The molecule has 2 heterocycles. The van der Waals surface area contributed by atoms with Gasteiger partial charge in [0.05, 0.1) is 27.1 Å². The van der Waals surface area contributed by atoms with E-state index in [1.165, 1.54) is 30.7 Å². The number of aromatic nitrogens is 3. The van der Waals surface area contributed by atoms with Crippen molar-refractivity contribution in [2.75, 3.05) is 4.72 Å². The minimum Gasteiger partial charge on any atom is -0.345 e. The summed E-state index contributed by atoms with van der Waals surface area (Å²) in [5.74, 6) is -4.21. The number of hydrogen-bond acceptors (Lipinski definition) is 4. The number of halogens is 4.